The number of likely N-dealkylation sites (tertiary alicyclic amines) is 1. The van der Waals surface area contributed by atoms with Crippen LogP contribution in [0.1, 0.15) is 45.2 Å². The summed E-state index contributed by atoms with van der Waals surface area (Å²) in [6.07, 6.45) is 2.68. The Morgan fingerprint density at radius 2 is 2.00 bits per heavy atom. The van der Waals surface area contributed by atoms with Gasteiger partial charge in [-0.1, -0.05) is 32.9 Å². The summed E-state index contributed by atoms with van der Waals surface area (Å²) in [6, 6.07) is 9.64. The second-order valence-corrected chi connectivity index (χ2v) is 6.33. The lowest BCUT2D eigenvalue weighted by Crippen LogP contribution is -2.40. The zero-order valence-electron chi connectivity index (χ0n) is 13.9. The number of nitrogens with zero attached hydrogens (tertiary/aromatic N) is 1. The largest absolute Gasteiger partial charge is 0.497 e. The Morgan fingerprint density at radius 3 is 2.57 bits per heavy atom. The molecule has 0 saturated carbocycles. The molecular weight excluding hydrogens is 260 g/mol. The van der Waals surface area contributed by atoms with Crippen molar-refractivity contribution in [3.8, 4) is 5.75 Å². The molecule has 0 spiro atoms. The average Bonchev–Trinajstić information content (AvgIpc) is 2.95. The highest BCUT2D eigenvalue weighted by molar-refractivity contribution is 5.29. The van der Waals surface area contributed by atoms with E-state index in [0.29, 0.717) is 6.04 Å². The zero-order chi connectivity index (χ0) is 15.2. The molecule has 118 valence electrons. The van der Waals surface area contributed by atoms with E-state index in [-0.39, 0.29) is 0 Å². The predicted octanol–water partition coefficient (Wildman–Crippen LogP) is 3.47. The van der Waals surface area contributed by atoms with Crippen molar-refractivity contribution < 1.29 is 4.74 Å². The summed E-state index contributed by atoms with van der Waals surface area (Å²) in [4.78, 5) is 2.67. The Labute approximate surface area is 129 Å². The number of rotatable bonds is 7. The number of hydrogen-bond acceptors (Lipinski definition) is 3. The van der Waals surface area contributed by atoms with Crippen LogP contribution in [0.5, 0.6) is 5.75 Å². The molecule has 21 heavy (non-hydrogen) atoms. The molecule has 0 aromatic heterocycles. The van der Waals surface area contributed by atoms with Gasteiger partial charge in [0.15, 0.2) is 0 Å². The monoisotopic (exact) mass is 290 g/mol. The normalized spacial score (nSPS) is 20.9. The molecule has 0 bridgehead atoms. The van der Waals surface area contributed by atoms with Gasteiger partial charge >= 0.3 is 0 Å². The maximum absolute atomic E-state index is 5.26. The maximum Gasteiger partial charge on any atom is 0.118 e. The zero-order valence-corrected chi connectivity index (χ0v) is 13.9. The van der Waals surface area contributed by atoms with Crippen LogP contribution in [0.4, 0.5) is 0 Å². The van der Waals surface area contributed by atoms with Gasteiger partial charge < -0.3 is 10.1 Å². The first-order valence-electron chi connectivity index (χ1n) is 8.27. The molecule has 1 saturated heterocycles. The van der Waals surface area contributed by atoms with Crippen molar-refractivity contribution in [2.24, 2.45) is 5.92 Å². The van der Waals surface area contributed by atoms with E-state index in [1.54, 1.807) is 7.11 Å². The first-order valence-corrected chi connectivity index (χ1v) is 8.27. The van der Waals surface area contributed by atoms with Gasteiger partial charge in [0.25, 0.3) is 0 Å². The van der Waals surface area contributed by atoms with Gasteiger partial charge in [0, 0.05) is 18.6 Å². The summed E-state index contributed by atoms with van der Waals surface area (Å²) >= 11 is 0. The highest BCUT2D eigenvalue weighted by Crippen LogP contribution is 2.27. The summed E-state index contributed by atoms with van der Waals surface area (Å²) in [5.41, 5.74) is 1.35. The fraction of sp³-hybridized carbons (Fsp3) is 0.667. The van der Waals surface area contributed by atoms with Crippen LogP contribution in [0.2, 0.25) is 0 Å². The van der Waals surface area contributed by atoms with Crippen molar-refractivity contribution >= 4 is 0 Å². The third-order valence-electron chi connectivity index (χ3n) is 4.57. The molecule has 0 amide bonds. The van der Waals surface area contributed by atoms with Gasteiger partial charge in [0.1, 0.15) is 5.75 Å². The summed E-state index contributed by atoms with van der Waals surface area (Å²) in [7, 11) is 1.72. The molecule has 1 aliphatic rings. The van der Waals surface area contributed by atoms with Gasteiger partial charge in [0.05, 0.1) is 7.11 Å². The van der Waals surface area contributed by atoms with Crippen LogP contribution in [0.25, 0.3) is 0 Å². The van der Waals surface area contributed by atoms with Crippen molar-refractivity contribution in [3.05, 3.63) is 29.8 Å². The smallest absolute Gasteiger partial charge is 0.118 e. The maximum atomic E-state index is 5.26. The molecule has 0 aliphatic carbocycles. The molecule has 1 N–H and O–H groups in total. The molecule has 2 unspecified atom stereocenters. The summed E-state index contributed by atoms with van der Waals surface area (Å²) < 4.78 is 5.26. The standard InChI is InChI=1S/C18H30N2O/c1-5-19-17(15-8-10-16(21-4)11-9-15)13-20-12-6-7-18(20)14(2)3/h8-11,14,17-19H,5-7,12-13H2,1-4H3. The lowest BCUT2D eigenvalue weighted by molar-refractivity contribution is 0.187. The van der Waals surface area contributed by atoms with E-state index in [0.717, 1.165) is 30.8 Å². The molecule has 1 aromatic rings. The molecular formula is C18H30N2O. The molecule has 1 aromatic carbocycles. The van der Waals surface area contributed by atoms with E-state index >= 15 is 0 Å². The Morgan fingerprint density at radius 1 is 1.29 bits per heavy atom. The number of benzene rings is 1. The topological polar surface area (TPSA) is 24.5 Å². The van der Waals surface area contributed by atoms with Gasteiger partial charge in [0.2, 0.25) is 0 Å². The Balaban J connectivity index is 2.07. The Hall–Kier alpha value is -1.06. The van der Waals surface area contributed by atoms with E-state index in [9.17, 15) is 0 Å². The average molecular weight is 290 g/mol. The van der Waals surface area contributed by atoms with Crippen LogP contribution in [0, 0.1) is 5.92 Å². The number of hydrogen-bond donors (Lipinski definition) is 1. The molecule has 2 atom stereocenters. The van der Waals surface area contributed by atoms with E-state index in [4.69, 9.17) is 4.74 Å². The molecule has 0 radical (unpaired) electrons. The van der Waals surface area contributed by atoms with Crippen LogP contribution < -0.4 is 10.1 Å². The first kappa shape index (κ1) is 16.3. The van der Waals surface area contributed by atoms with Gasteiger partial charge in [-0.3, -0.25) is 4.90 Å². The number of methoxy groups -OCH3 is 1. The fourth-order valence-corrected chi connectivity index (χ4v) is 3.44. The Bertz CT molecular complexity index is 416. The van der Waals surface area contributed by atoms with Gasteiger partial charge in [-0.25, -0.2) is 0 Å². The van der Waals surface area contributed by atoms with Crippen molar-refractivity contribution in [1.29, 1.82) is 0 Å². The Kier molecular flexibility index (Phi) is 6.07. The van der Waals surface area contributed by atoms with Crippen molar-refractivity contribution in [2.45, 2.75) is 45.7 Å². The quantitative estimate of drug-likeness (QED) is 0.832. The van der Waals surface area contributed by atoms with Crippen LogP contribution in [-0.2, 0) is 0 Å². The lowest BCUT2D eigenvalue weighted by Gasteiger charge is -2.31. The molecule has 2 rings (SSSR count). The predicted molar refractivity (Wildman–Crippen MR) is 88.8 cm³/mol. The van der Waals surface area contributed by atoms with Gasteiger partial charge in [-0.2, -0.15) is 0 Å². The minimum Gasteiger partial charge on any atom is -0.497 e. The highest BCUT2D eigenvalue weighted by atomic mass is 16.5. The van der Waals surface area contributed by atoms with Crippen LogP contribution >= 0.6 is 0 Å². The van der Waals surface area contributed by atoms with E-state index in [2.05, 4.69) is 55.3 Å². The van der Waals surface area contributed by atoms with E-state index < -0.39 is 0 Å². The lowest BCUT2D eigenvalue weighted by atomic mass is 10.0. The van der Waals surface area contributed by atoms with Crippen LogP contribution in [0.3, 0.4) is 0 Å². The van der Waals surface area contributed by atoms with Gasteiger partial charge in [-0.05, 0) is 49.5 Å². The van der Waals surface area contributed by atoms with Crippen molar-refractivity contribution in [1.82, 2.24) is 10.2 Å². The minimum absolute atomic E-state index is 0.403. The van der Waals surface area contributed by atoms with Crippen molar-refractivity contribution in [2.75, 3.05) is 26.7 Å². The second-order valence-electron chi connectivity index (χ2n) is 6.33. The molecule has 1 heterocycles. The fourth-order valence-electron chi connectivity index (χ4n) is 3.44. The summed E-state index contributed by atoms with van der Waals surface area (Å²) in [5.74, 6) is 1.67. The summed E-state index contributed by atoms with van der Waals surface area (Å²) in [5, 5.41) is 3.64. The molecule has 3 heteroatoms. The van der Waals surface area contributed by atoms with E-state index in [1.807, 2.05) is 0 Å². The first-order chi connectivity index (χ1) is 10.2. The number of nitrogens with one attached hydrogen (secondary N) is 1. The third-order valence-corrected chi connectivity index (χ3v) is 4.57. The minimum atomic E-state index is 0.403. The SMILES string of the molecule is CCNC(CN1CCCC1C(C)C)c1ccc(OC)cc1. The molecule has 1 aliphatic heterocycles. The van der Waals surface area contributed by atoms with Crippen molar-refractivity contribution in [3.63, 3.8) is 0 Å². The number of ether oxygens (including phenoxy) is 1. The summed E-state index contributed by atoms with van der Waals surface area (Å²) in [6.45, 7) is 10.2. The number of likely N-dealkylation sites (N-methyl/N-ethyl adjacent to an activating group) is 1. The molecule has 3 nitrogen and oxygen atoms in total. The second kappa shape index (κ2) is 7.81. The van der Waals surface area contributed by atoms with E-state index in [1.165, 1.54) is 24.9 Å². The van der Waals surface area contributed by atoms with Crippen LogP contribution in [0.15, 0.2) is 24.3 Å². The highest BCUT2D eigenvalue weighted by Gasteiger charge is 2.29. The van der Waals surface area contributed by atoms with Crippen LogP contribution in [-0.4, -0.2) is 37.7 Å². The third kappa shape index (κ3) is 4.21. The van der Waals surface area contributed by atoms with Gasteiger partial charge in [-0.15, -0.1) is 0 Å². The molecule has 1 fully saturated rings.